The average Bonchev–Trinajstić information content (AvgIpc) is 2.73. The molecular weight excluding hydrogens is 246 g/mol. The highest BCUT2D eigenvalue weighted by molar-refractivity contribution is 5.69. The van der Waals surface area contributed by atoms with Gasteiger partial charge in [0.05, 0.1) is 0 Å². The van der Waals surface area contributed by atoms with E-state index in [-0.39, 0.29) is 11.9 Å². The molecule has 0 spiro atoms. The summed E-state index contributed by atoms with van der Waals surface area (Å²) in [7, 11) is 1.71. The van der Waals surface area contributed by atoms with Crippen LogP contribution in [0.2, 0.25) is 0 Å². The molecule has 0 fully saturated rings. The lowest BCUT2D eigenvalue weighted by molar-refractivity contribution is -0.150. The van der Waals surface area contributed by atoms with Crippen LogP contribution in [0, 0.1) is 11.8 Å². The first-order valence-electron chi connectivity index (χ1n) is 6.55. The number of rotatable bonds is 7. The molecule has 0 aliphatic carbocycles. The van der Waals surface area contributed by atoms with Crippen LogP contribution in [0.1, 0.15) is 45.5 Å². The second-order valence-electron chi connectivity index (χ2n) is 5.23. The molecule has 0 aliphatic rings. The van der Waals surface area contributed by atoms with Gasteiger partial charge in [0.25, 0.3) is 0 Å². The molecule has 0 aromatic carbocycles. The van der Waals surface area contributed by atoms with Gasteiger partial charge in [0, 0.05) is 13.5 Å². The summed E-state index contributed by atoms with van der Waals surface area (Å²) in [6.07, 6.45) is 0.806. The Hall–Kier alpha value is -1.50. The van der Waals surface area contributed by atoms with Crippen LogP contribution >= 0.6 is 0 Å². The van der Waals surface area contributed by atoms with Gasteiger partial charge in [-0.05, 0) is 42.2 Å². The molecule has 1 aromatic heterocycles. The number of aryl methyl sites for hydroxylation is 1. The molecule has 1 heterocycles. The van der Waals surface area contributed by atoms with Gasteiger partial charge in [0.2, 0.25) is 0 Å². The van der Waals surface area contributed by atoms with Crippen LogP contribution in [-0.4, -0.2) is 32.7 Å². The first kappa shape index (κ1) is 15.6. The number of ether oxygens (including phenoxy) is 1. The van der Waals surface area contributed by atoms with E-state index in [1.165, 1.54) is 4.68 Å². The van der Waals surface area contributed by atoms with Crippen LogP contribution in [0.25, 0.3) is 0 Å². The van der Waals surface area contributed by atoms with E-state index in [1.54, 1.807) is 14.0 Å². The topological polar surface area (TPSA) is 95.9 Å². The predicted molar refractivity (Wildman–Crippen MR) is 69.9 cm³/mol. The van der Waals surface area contributed by atoms with E-state index >= 15 is 0 Å². The van der Waals surface area contributed by atoms with Gasteiger partial charge in [0.15, 0.2) is 11.9 Å². The summed E-state index contributed by atoms with van der Waals surface area (Å²) in [5.41, 5.74) is 5.67. The molecule has 1 aromatic rings. The highest BCUT2D eigenvalue weighted by atomic mass is 16.5. The van der Waals surface area contributed by atoms with E-state index in [2.05, 4.69) is 29.4 Å². The van der Waals surface area contributed by atoms with Crippen molar-refractivity contribution in [2.75, 3.05) is 6.54 Å². The van der Waals surface area contributed by atoms with E-state index in [4.69, 9.17) is 10.5 Å². The minimum atomic E-state index is -0.454. The molecule has 2 N–H and O–H groups in total. The lowest BCUT2D eigenvalue weighted by atomic mass is 9.94. The standard InChI is InChI=1S/C12H23N5O2/c1-8(2)5-10(7-13)6-11(18)19-9(3)12-14-15-16-17(12)4/h8-10H,5-7,13H2,1-4H3/t9?,10-/m0/s1. The maximum Gasteiger partial charge on any atom is 0.306 e. The largest absolute Gasteiger partial charge is 0.454 e. The second-order valence-corrected chi connectivity index (χ2v) is 5.23. The lowest BCUT2D eigenvalue weighted by Crippen LogP contribution is -2.22. The number of esters is 1. The van der Waals surface area contributed by atoms with Crippen molar-refractivity contribution < 1.29 is 9.53 Å². The first-order valence-corrected chi connectivity index (χ1v) is 6.55. The van der Waals surface area contributed by atoms with Crippen LogP contribution in [0.15, 0.2) is 0 Å². The zero-order valence-electron chi connectivity index (χ0n) is 12.0. The Balaban J connectivity index is 2.48. The van der Waals surface area contributed by atoms with Gasteiger partial charge in [-0.25, -0.2) is 4.68 Å². The van der Waals surface area contributed by atoms with Crippen molar-refractivity contribution in [1.29, 1.82) is 0 Å². The Labute approximate surface area is 113 Å². The van der Waals surface area contributed by atoms with Gasteiger partial charge in [-0.3, -0.25) is 4.79 Å². The summed E-state index contributed by atoms with van der Waals surface area (Å²) >= 11 is 0. The fourth-order valence-corrected chi connectivity index (χ4v) is 2.04. The molecule has 0 saturated heterocycles. The van der Waals surface area contributed by atoms with E-state index in [1.807, 2.05) is 0 Å². The Morgan fingerprint density at radius 3 is 2.58 bits per heavy atom. The van der Waals surface area contributed by atoms with Crippen molar-refractivity contribution in [3.8, 4) is 0 Å². The molecule has 1 rings (SSSR count). The van der Waals surface area contributed by atoms with Gasteiger partial charge < -0.3 is 10.5 Å². The number of carbonyl (C=O) groups is 1. The molecule has 0 radical (unpaired) electrons. The van der Waals surface area contributed by atoms with E-state index in [9.17, 15) is 4.79 Å². The quantitative estimate of drug-likeness (QED) is 0.736. The van der Waals surface area contributed by atoms with Crippen molar-refractivity contribution in [1.82, 2.24) is 20.2 Å². The predicted octanol–water partition coefficient (Wildman–Crippen LogP) is 0.825. The fraction of sp³-hybridized carbons (Fsp3) is 0.833. The molecule has 19 heavy (non-hydrogen) atoms. The van der Waals surface area contributed by atoms with Crippen molar-refractivity contribution in [2.24, 2.45) is 24.6 Å². The molecular formula is C12H23N5O2. The van der Waals surface area contributed by atoms with Crippen LogP contribution < -0.4 is 5.73 Å². The highest BCUT2D eigenvalue weighted by Crippen LogP contribution is 2.18. The van der Waals surface area contributed by atoms with E-state index < -0.39 is 6.10 Å². The van der Waals surface area contributed by atoms with Gasteiger partial charge >= 0.3 is 5.97 Å². The normalized spacial score (nSPS) is 14.4. The third-order valence-electron chi connectivity index (χ3n) is 2.92. The van der Waals surface area contributed by atoms with E-state index in [0.717, 1.165) is 6.42 Å². The van der Waals surface area contributed by atoms with Gasteiger partial charge in [-0.2, -0.15) is 0 Å². The van der Waals surface area contributed by atoms with Crippen LogP contribution in [0.5, 0.6) is 0 Å². The SMILES string of the molecule is CC(C)C[C@H](CN)CC(=O)OC(C)c1nnnn1C. The molecule has 0 bridgehead atoms. The zero-order chi connectivity index (χ0) is 14.4. The van der Waals surface area contributed by atoms with Crippen LogP contribution in [-0.2, 0) is 16.6 Å². The van der Waals surface area contributed by atoms with Gasteiger partial charge in [-0.15, -0.1) is 5.10 Å². The van der Waals surface area contributed by atoms with Crippen LogP contribution in [0.3, 0.4) is 0 Å². The summed E-state index contributed by atoms with van der Waals surface area (Å²) in [5.74, 6) is 0.951. The molecule has 0 aliphatic heterocycles. The molecule has 0 amide bonds. The summed E-state index contributed by atoms with van der Waals surface area (Å²) in [5, 5.41) is 11.0. The monoisotopic (exact) mass is 269 g/mol. The first-order chi connectivity index (χ1) is 8.93. The van der Waals surface area contributed by atoms with Gasteiger partial charge in [-0.1, -0.05) is 13.8 Å². The Kier molecular flexibility index (Phi) is 5.88. The minimum absolute atomic E-state index is 0.164. The highest BCUT2D eigenvalue weighted by Gasteiger charge is 2.20. The Morgan fingerprint density at radius 2 is 2.11 bits per heavy atom. The number of carbonyl (C=O) groups excluding carboxylic acids is 1. The fourth-order valence-electron chi connectivity index (χ4n) is 2.04. The molecule has 108 valence electrons. The maximum atomic E-state index is 11.9. The molecule has 0 saturated carbocycles. The lowest BCUT2D eigenvalue weighted by Gasteiger charge is -2.17. The Morgan fingerprint density at radius 1 is 1.42 bits per heavy atom. The maximum absolute atomic E-state index is 11.9. The summed E-state index contributed by atoms with van der Waals surface area (Å²) in [6, 6.07) is 0. The number of nitrogens with two attached hydrogens (primary N) is 1. The number of nitrogens with zero attached hydrogens (tertiary/aromatic N) is 4. The summed E-state index contributed by atoms with van der Waals surface area (Å²) in [4.78, 5) is 11.9. The van der Waals surface area contributed by atoms with Gasteiger partial charge in [0.1, 0.15) is 0 Å². The number of hydrogen-bond acceptors (Lipinski definition) is 6. The minimum Gasteiger partial charge on any atom is -0.454 e. The average molecular weight is 269 g/mol. The molecule has 1 unspecified atom stereocenters. The molecule has 7 heteroatoms. The van der Waals surface area contributed by atoms with Crippen molar-refractivity contribution in [3.05, 3.63) is 5.82 Å². The van der Waals surface area contributed by atoms with Crippen molar-refractivity contribution >= 4 is 5.97 Å². The summed E-state index contributed by atoms with van der Waals surface area (Å²) < 4.78 is 6.82. The smallest absolute Gasteiger partial charge is 0.306 e. The summed E-state index contributed by atoms with van der Waals surface area (Å²) in [6.45, 7) is 6.47. The zero-order valence-corrected chi connectivity index (χ0v) is 12.0. The van der Waals surface area contributed by atoms with E-state index in [0.29, 0.717) is 24.7 Å². The van der Waals surface area contributed by atoms with Crippen molar-refractivity contribution in [2.45, 2.75) is 39.7 Å². The second kappa shape index (κ2) is 7.18. The number of hydrogen-bond donors (Lipinski definition) is 1. The number of tetrazole rings is 1. The Bertz CT molecular complexity index is 405. The molecule has 7 nitrogen and oxygen atoms in total. The van der Waals surface area contributed by atoms with Crippen molar-refractivity contribution in [3.63, 3.8) is 0 Å². The third-order valence-corrected chi connectivity index (χ3v) is 2.92. The molecule has 2 atom stereocenters. The third kappa shape index (κ3) is 4.94. The number of aromatic nitrogens is 4. The van der Waals surface area contributed by atoms with Crippen LogP contribution in [0.4, 0.5) is 0 Å².